The number of hydrogen-bond acceptors (Lipinski definition) is 2. The number of aliphatic hydroxyl groups excluding tert-OH is 1. The van der Waals surface area contributed by atoms with Crippen LogP contribution in [-0.2, 0) is 6.61 Å². The number of aryl methyl sites for hydroxylation is 1. The van der Waals surface area contributed by atoms with E-state index in [4.69, 9.17) is 11.6 Å². The molecule has 0 aliphatic rings. The van der Waals surface area contributed by atoms with Crippen LogP contribution in [0.15, 0.2) is 52.3 Å². The Balaban J connectivity index is 2.29. The van der Waals surface area contributed by atoms with Crippen molar-refractivity contribution in [2.75, 3.05) is 0 Å². The Morgan fingerprint density at radius 3 is 2.47 bits per heavy atom. The van der Waals surface area contributed by atoms with Crippen molar-refractivity contribution in [1.29, 1.82) is 0 Å². The number of rotatable bonds is 3. The molecule has 1 nitrogen and oxygen atoms in total. The fourth-order valence-electron chi connectivity index (χ4n) is 1.52. The molecule has 0 heterocycles. The number of benzene rings is 2. The molecular formula is C14H13ClOS. The van der Waals surface area contributed by atoms with E-state index in [-0.39, 0.29) is 6.61 Å². The van der Waals surface area contributed by atoms with Crippen LogP contribution in [0.3, 0.4) is 0 Å². The molecule has 3 heteroatoms. The topological polar surface area (TPSA) is 20.2 Å². The predicted octanol–water partition coefficient (Wildman–Crippen LogP) is 4.29. The Bertz CT molecular complexity index is 508. The molecule has 0 spiro atoms. The van der Waals surface area contributed by atoms with E-state index >= 15 is 0 Å². The van der Waals surface area contributed by atoms with Gasteiger partial charge in [0.15, 0.2) is 0 Å². The monoisotopic (exact) mass is 264 g/mol. The quantitative estimate of drug-likeness (QED) is 0.892. The lowest BCUT2D eigenvalue weighted by molar-refractivity contribution is 0.279. The van der Waals surface area contributed by atoms with E-state index in [0.29, 0.717) is 5.02 Å². The maximum absolute atomic E-state index is 9.32. The maximum Gasteiger partial charge on any atom is 0.0707 e. The predicted molar refractivity (Wildman–Crippen MR) is 72.7 cm³/mol. The Labute approximate surface area is 110 Å². The van der Waals surface area contributed by atoms with Crippen molar-refractivity contribution in [3.63, 3.8) is 0 Å². The van der Waals surface area contributed by atoms with Crippen molar-refractivity contribution < 1.29 is 5.11 Å². The molecule has 2 aromatic carbocycles. The first-order valence-corrected chi connectivity index (χ1v) is 6.53. The summed E-state index contributed by atoms with van der Waals surface area (Å²) in [6.07, 6.45) is 0. The highest BCUT2D eigenvalue weighted by molar-refractivity contribution is 7.99. The van der Waals surface area contributed by atoms with Gasteiger partial charge in [-0.2, -0.15) is 0 Å². The third-order valence-electron chi connectivity index (χ3n) is 2.48. The van der Waals surface area contributed by atoms with Crippen molar-refractivity contribution >= 4 is 23.4 Å². The molecule has 0 radical (unpaired) electrons. The standard InChI is InChI=1S/C14H13ClOS/c1-10-5-7-11(8-6-10)17-14-4-2-3-13(15)12(14)9-16/h2-8,16H,9H2,1H3. The second-order valence-electron chi connectivity index (χ2n) is 3.79. The van der Waals surface area contributed by atoms with Crippen LogP contribution in [0.2, 0.25) is 5.02 Å². The third-order valence-corrected chi connectivity index (χ3v) is 3.95. The molecule has 0 saturated heterocycles. The van der Waals surface area contributed by atoms with Gasteiger partial charge in [-0.3, -0.25) is 0 Å². The van der Waals surface area contributed by atoms with Crippen LogP contribution >= 0.6 is 23.4 Å². The number of aliphatic hydroxyl groups is 1. The molecule has 0 aromatic heterocycles. The van der Waals surface area contributed by atoms with Gasteiger partial charge in [-0.25, -0.2) is 0 Å². The van der Waals surface area contributed by atoms with Crippen molar-refractivity contribution in [2.45, 2.75) is 23.3 Å². The van der Waals surface area contributed by atoms with Crippen LogP contribution in [-0.4, -0.2) is 5.11 Å². The van der Waals surface area contributed by atoms with Gasteiger partial charge < -0.3 is 5.11 Å². The van der Waals surface area contributed by atoms with Crippen LogP contribution in [0.5, 0.6) is 0 Å². The minimum atomic E-state index is -0.0339. The van der Waals surface area contributed by atoms with E-state index < -0.39 is 0 Å². The SMILES string of the molecule is Cc1ccc(Sc2cccc(Cl)c2CO)cc1. The summed E-state index contributed by atoms with van der Waals surface area (Å²) in [5.41, 5.74) is 2.03. The minimum Gasteiger partial charge on any atom is -0.392 e. The van der Waals surface area contributed by atoms with Gasteiger partial charge in [-0.05, 0) is 31.2 Å². The maximum atomic E-state index is 9.32. The average Bonchev–Trinajstić information content (AvgIpc) is 2.32. The summed E-state index contributed by atoms with van der Waals surface area (Å²) in [6, 6.07) is 14.0. The molecular weight excluding hydrogens is 252 g/mol. The zero-order valence-corrected chi connectivity index (χ0v) is 11.1. The van der Waals surface area contributed by atoms with Crippen molar-refractivity contribution in [3.05, 3.63) is 58.6 Å². The van der Waals surface area contributed by atoms with Gasteiger partial charge in [-0.15, -0.1) is 0 Å². The lowest BCUT2D eigenvalue weighted by Gasteiger charge is -2.08. The Morgan fingerprint density at radius 2 is 1.82 bits per heavy atom. The molecule has 0 saturated carbocycles. The lowest BCUT2D eigenvalue weighted by Crippen LogP contribution is -1.88. The summed E-state index contributed by atoms with van der Waals surface area (Å²) < 4.78 is 0. The molecule has 0 atom stereocenters. The Kier molecular flexibility index (Phi) is 4.11. The lowest BCUT2D eigenvalue weighted by atomic mass is 10.2. The highest BCUT2D eigenvalue weighted by atomic mass is 35.5. The van der Waals surface area contributed by atoms with Crippen LogP contribution in [0, 0.1) is 6.92 Å². The average molecular weight is 265 g/mol. The van der Waals surface area contributed by atoms with E-state index in [1.807, 2.05) is 12.1 Å². The number of halogens is 1. The number of hydrogen-bond donors (Lipinski definition) is 1. The second kappa shape index (κ2) is 5.58. The van der Waals surface area contributed by atoms with Crippen molar-refractivity contribution in [1.82, 2.24) is 0 Å². The van der Waals surface area contributed by atoms with Crippen LogP contribution in [0.4, 0.5) is 0 Å². The fraction of sp³-hybridized carbons (Fsp3) is 0.143. The molecule has 0 fully saturated rings. The highest BCUT2D eigenvalue weighted by Gasteiger charge is 2.07. The first-order valence-electron chi connectivity index (χ1n) is 5.33. The summed E-state index contributed by atoms with van der Waals surface area (Å²) in [6.45, 7) is 2.03. The Hall–Kier alpha value is -0.960. The summed E-state index contributed by atoms with van der Waals surface area (Å²) >= 11 is 7.66. The molecule has 1 N–H and O–H groups in total. The molecule has 0 unspecified atom stereocenters. The molecule has 17 heavy (non-hydrogen) atoms. The molecule has 2 rings (SSSR count). The second-order valence-corrected chi connectivity index (χ2v) is 5.31. The van der Waals surface area contributed by atoms with E-state index in [9.17, 15) is 5.11 Å². The zero-order valence-electron chi connectivity index (χ0n) is 9.48. The van der Waals surface area contributed by atoms with E-state index in [0.717, 1.165) is 15.4 Å². The summed E-state index contributed by atoms with van der Waals surface area (Å²) in [5.74, 6) is 0. The summed E-state index contributed by atoms with van der Waals surface area (Å²) in [5, 5.41) is 9.94. The van der Waals surface area contributed by atoms with Gasteiger partial charge in [0.05, 0.1) is 6.61 Å². The van der Waals surface area contributed by atoms with Crippen LogP contribution < -0.4 is 0 Å². The van der Waals surface area contributed by atoms with Gasteiger partial charge in [0.1, 0.15) is 0 Å². The van der Waals surface area contributed by atoms with Gasteiger partial charge in [0.25, 0.3) is 0 Å². The molecule has 0 bridgehead atoms. The molecule has 2 aromatic rings. The molecule has 88 valence electrons. The van der Waals surface area contributed by atoms with Gasteiger partial charge in [0, 0.05) is 20.4 Å². The van der Waals surface area contributed by atoms with Crippen molar-refractivity contribution in [2.24, 2.45) is 0 Å². The normalized spacial score (nSPS) is 10.5. The fourth-order valence-corrected chi connectivity index (χ4v) is 2.78. The van der Waals surface area contributed by atoms with Crippen molar-refractivity contribution in [3.8, 4) is 0 Å². The first-order chi connectivity index (χ1) is 8.20. The summed E-state index contributed by atoms with van der Waals surface area (Å²) in [7, 11) is 0. The highest BCUT2D eigenvalue weighted by Crippen LogP contribution is 2.33. The third kappa shape index (κ3) is 3.03. The van der Waals surface area contributed by atoms with Crippen LogP contribution in [0.1, 0.15) is 11.1 Å². The van der Waals surface area contributed by atoms with Gasteiger partial charge >= 0.3 is 0 Å². The largest absolute Gasteiger partial charge is 0.392 e. The smallest absolute Gasteiger partial charge is 0.0707 e. The van der Waals surface area contributed by atoms with E-state index in [1.54, 1.807) is 17.8 Å². The van der Waals surface area contributed by atoms with Gasteiger partial charge in [0.2, 0.25) is 0 Å². The first kappa shape index (κ1) is 12.5. The molecule has 0 aliphatic carbocycles. The summed E-state index contributed by atoms with van der Waals surface area (Å²) in [4.78, 5) is 2.15. The molecule has 0 amide bonds. The Morgan fingerprint density at radius 1 is 1.12 bits per heavy atom. The molecule has 0 aliphatic heterocycles. The van der Waals surface area contributed by atoms with Gasteiger partial charge in [-0.1, -0.05) is 47.1 Å². The van der Waals surface area contributed by atoms with Crippen LogP contribution in [0.25, 0.3) is 0 Å². The van der Waals surface area contributed by atoms with E-state index in [2.05, 4.69) is 31.2 Å². The zero-order chi connectivity index (χ0) is 12.3. The minimum absolute atomic E-state index is 0.0339. The van der Waals surface area contributed by atoms with E-state index in [1.165, 1.54) is 5.56 Å².